The van der Waals surface area contributed by atoms with E-state index in [1.54, 1.807) is 13.3 Å². The normalized spacial score (nSPS) is 17.6. The Morgan fingerprint density at radius 1 is 0.974 bits per heavy atom. The van der Waals surface area contributed by atoms with Crippen molar-refractivity contribution in [2.75, 3.05) is 20.3 Å². The second kappa shape index (κ2) is 10.3. The van der Waals surface area contributed by atoms with Crippen molar-refractivity contribution < 1.29 is 23.6 Å². The Hall–Kier alpha value is -3.62. The summed E-state index contributed by atoms with van der Waals surface area (Å²) in [6.45, 7) is 8.39. The van der Waals surface area contributed by atoms with E-state index in [1.807, 2.05) is 70.2 Å². The molecule has 5 rings (SSSR count). The molecule has 3 aromatic rings. The third-order valence-electron chi connectivity index (χ3n) is 7.67. The van der Waals surface area contributed by atoms with Crippen LogP contribution in [-0.2, 0) is 14.0 Å². The van der Waals surface area contributed by atoms with E-state index < -0.39 is 24.4 Å². The number of aromatic nitrogens is 1. The van der Waals surface area contributed by atoms with Gasteiger partial charge in [0.05, 0.1) is 18.3 Å². The SMILES string of the molecule is COc1ncccc1C=C(CNC(=O)OCC1c2ccccc2-c2ccccc21)B1OC(C)(C)C(C)(C)O1. The van der Waals surface area contributed by atoms with Crippen LogP contribution in [0.4, 0.5) is 4.79 Å². The number of amides is 1. The zero-order chi connectivity index (χ0) is 26.9. The molecule has 0 bridgehead atoms. The molecule has 1 aliphatic carbocycles. The predicted molar refractivity (Wildman–Crippen MR) is 148 cm³/mol. The van der Waals surface area contributed by atoms with Gasteiger partial charge in [0.1, 0.15) is 6.61 Å². The van der Waals surface area contributed by atoms with Gasteiger partial charge >= 0.3 is 13.2 Å². The first kappa shape index (κ1) is 26.0. The van der Waals surface area contributed by atoms with Crippen LogP contribution in [-0.4, -0.2) is 49.7 Å². The minimum atomic E-state index is -0.654. The molecule has 1 saturated heterocycles. The van der Waals surface area contributed by atoms with Gasteiger partial charge in [-0.1, -0.05) is 54.6 Å². The Labute approximate surface area is 224 Å². The standard InChI is InChI=1S/C30H33BN2O5/c1-29(2)30(3,4)38-31(37-29)21(17-20-11-10-16-32-27(20)35-5)18-33-28(34)36-19-26-24-14-8-6-12-22(24)23-13-7-9-15-25(23)26/h6-17,26H,18-19H2,1-5H3,(H,33,34). The van der Waals surface area contributed by atoms with Gasteiger partial charge in [0, 0.05) is 24.2 Å². The predicted octanol–water partition coefficient (Wildman–Crippen LogP) is 5.64. The van der Waals surface area contributed by atoms with Gasteiger partial charge < -0.3 is 24.1 Å². The van der Waals surface area contributed by atoms with E-state index in [0.717, 1.165) is 11.0 Å². The van der Waals surface area contributed by atoms with Crippen molar-refractivity contribution in [2.45, 2.75) is 44.8 Å². The lowest BCUT2D eigenvalue weighted by atomic mass is 9.77. The average Bonchev–Trinajstić information content (AvgIpc) is 3.34. The van der Waals surface area contributed by atoms with Crippen LogP contribution in [0.25, 0.3) is 17.2 Å². The van der Waals surface area contributed by atoms with Crippen molar-refractivity contribution in [3.63, 3.8) is 0 Å². The minimum absolute atomic E-state index is 0.00841. The Balaban J connectivity index is 1.31. The Morgan fingerprint density at radius 3 is 2.18 bits per heavy atom. The number of carbonyl (C=O) groups is 1. The van der Waals surface area contributed by atoms with Crippen LogP contribution < -0.4 is 10.1 Å². The lowest BCUT2D eigenvalue weighted by molar-refractivity contribution is 0.00578. The van der Waals surface area contributed by atoms with Crippen molar-refractivity contribution in [1.82, 2.24) is 10.3 Å². The number of hydrogen-bond acceptors (Lipinski definition) is 6. The van der Waals surface area contributed by atoms with Crippen LogP contribution in [0.5, 0.6) is 5.88 Å². The molecule has 0 radical (unpaired) electrons. The van der Waals surface area contributed by atoms with Gasteiger partial charge in [0.2, 0.25) is 5.88 Å². The van der Waals surface area contributed by atoms with Crippen LogP contribution >= 0.6 is 0 Å². The summed E-state index contributed by atoms with van der Waals surface area (Å²) in [4.78, 5) is 17.2. The zero-order valence-corrected chi connectivity index (χ0v) is 22.5. The highest BCUT2D eigenvalue weighted by atomic mass is 16.7. The molecule has 2 aliphatic rings. The molecule has 1 aromatic heterocycles. The highest BCUT2D eigenvalue weighted by Crippen LogP contribution is 2.44. The smallest absolute Gasteiger partial charge is 0.481 e. The molecule has 196 valence electrons. The molecule has 0 atom stereocenters. The van der Waals surface area contributed by atoms with Crippen molar-refractivity contribution in [3.8, 4) is 17.0 Å². The summed E-state index contributed by atoms with van der Waals surface area (Å²) in [5.74, 6) is 0.466. The molecule has 0 spiro atoms. The van der Waals surface area contributed by atoms with Crippen LogP contribution in [0.2, 0.25) is 0 Å². The number of alkyl carbamates (subject to hydrolysis) is 1. The summed E-state index contributed by atoms with van der Waals surface area (Å²) < 4.78 is 23.7. The molecule has 2 aromatic carbocycles. The molecule has 1 N–H and O–H groups in total. The fourth-order valence-corrected chi connectivity index (χ4v) is 4.90. The molecular formula is C30H33BN2O5. The average molecular weight is 512 g/mol. The van der Waals surface area contributed by atoms with E-state index in [4.69, 9.17) is 18.8 Å². The number of hydrogen-bond donors (Lipinski definition) is 1. The van der Waals surface area contributed by atoms with Crippen molar-refractivity contribution in [1.29, 1.82) is 0 Å². The number of rotatable bonds is 7. The van der Waals surface area contributed by atoms with Crippen LogP contribution in [0.1, 0.15) is 50.3 Å². The van der Waals surface area contributed by atoms with E-state index in [-0.39, 0.29) is 19.1 Å². The largest absolute Gasteiger partial charge is 0.492 e. The molecule has 38 heavy (non-hydrogen) atoms. The molecule has 7 nitrogen and oxygen atoms in total. The number of benzene rings is 2. The summed E-state index contributed by atoms with van der Waals surface area (Å²) >= 11 is 0. The van der Waals surface area contributed by atoms with E-state index in [0.29, 0.717) is 5.88 Å². The fourth-order valence-electron chi connectivity index (χ4n) is 4.90. The van der Waals surface area contributed by atoms with E-state index >= 15 is 0 Å². The second-order valence-electron chi connectivity index (χ2n) is 10.6. The number of nitrogens with zero attached hydrogens (tertiary/aromatic N) is 1. The van der Waals surface area contributed by atoms with Gasteiger partial charge in [-0.05, 0) is 67.6 Å². The van der Waals surface area contributed by atoms with Crippen molar-refractivity contribution in [2.24, 2.45) is 0 Å². The second-order valence-corrected chi connectivity index (χ2v) is 10.6. The number of carbonyl (C=O) groups excluding carboxylic acids is 1. The summed E-state index contributed by atoms with van der Waals surface area (Å²) in [5.41, 5.74) is 5.14. The number of nitrogens with one attached hydrogen (secondary N) is 1. The first-order valence-corrected chi connectivity index (χ1v) is 12.8. The third-order valence-corrected chi connectivity index (χ3v) is 7.67. The Bertz CT molecular complexity index is 1310. The van der Waals surface area contributed by atoms with Gasteiger partial charge in [-0.15, -0.1) is 0 Å². The topological polar surface area (TPSA) is 78.9 Å². The number of fused-ring (bicyclic) bond motifs is 3. The maximum absolute atomic E-state index is 12.9. The zero-order valence-electron chi connectivity index (χ0n) is 22.5. The molecule has 8 heteroatoms. The molecule has 1 amide bonds. The summed E-state index contributed by atoms with van der Waals surface area (Å²) in [6, 6.07) is 20.3. The monoisotopic (exact) mass is 512 g/mol. The maximum Gasteiger partial charge on any atom is 0.492 e. The third kappa shape index (κ3) is 4.94. The van der Waals surface area contributed by atoms with Gasteiger partial charge in [-0.25, -0.2) is 9.78 Å². The highest BCUT2D eigenvalue weighted by Gasteiger charge is 2.52. The van der Waals surface area contributed by atoms with Gasteiger partial charge in [-0.2, -0.15) is 0 Å². The van der Waals surface area contributed by atoms with Gasteiger partial charge in [-0.3, -0.25) is 0 Å². The number of pyridine rings is 1. The van der Waals surface area contributed by atoms with Crippen molar-refractivity contribution >= 4 is 19.3 Å². The highest BCUT2D eigenvalue weighted by molar-refractivity contribution is 6.56. The first-order chi connectivity index (χ1) is 18.2. The summed E-state index contributed by atoms with van der Waals surface area (Å²) in [7, 11) is 0.919. The number of methoxy groups -OCH3 is 1. The maximum atomic E-state index is 12.9. The molecule has 2 heterocycles. The Kier molecular flexibility index (Phi) is 7.03. The summed E-state index contributed by atoms with van der Waals surface area (Å²) in [6.07, 6.45) is 3.05. The molecule has 0 unspecified atom stereocenters. The summed E-state index contributed by atoms with van der Waals surface area (Å²) in [5, 5.41) is 2.89. The van der Waals surface area contributed by atoms with Crippen LogP contribution in [0.3, 0.4) is 0 Å². The lowest BCUT2D eigenvalue weighted by Crippen LogP contribution is -2.41. The van der Waals surface area contributed by atoms with E-state index in [2.05, 4.69) is 34.6 Å². The quantitative estimate of drug-likeness (QED) is 0.413. The van der Waals surface area contributed by atoms with E-state index in [1.165, 1.54) is 22.3 Å². The van der Waals surface area contributed by atoms with Gasteiger partial charge in [0.25, 0.3) is 0 Å². The van der Waals surface area contributed by atoms with E-state index in [9.17, 15) is 4.79 Å². The van der Waals surface area contributed by atoms with Crippen LogP contribution in [0.15, 0.2) is 72.3 Å². The first-order valence-electron chi connectivity index (χ1n) is 12.8. The van der Waals surface area contributed by atoms with Gasteiger partial charge in [0.15, 0.2) is 0 Å². The minimum Gasteiger partial charge on any atom is -0.481 e. The molecule has 1 fully saturated rings. The van der Waals surface area contributed by atoms with Crippen molar-refractivity contribution in [3.05, 3.63) is 89.0 Å². The van der Waals surface area contributed by atoms with Crippen LogP contribution in [0, 0.1) is 0 Å². The fraction of sp³-hybridized carbons (Fsp3) is 0.333. The molecular weight excluding hydrogens is 479 g/mol. The molecule has 0 saturated carbocycles. The number of ether oxygens (including phenoxy) is 2. The lowest BCUT2D eigenvalue weighted by Gasteiger charge is -2.32. The molecule has 1 aliphatic heterocycles. The Morgan fingerprint density at radius 2 is 1.58 bits per heavy atom.